The maximum Gasteiger partial charge on any atom is 0.141 e. The normalized spacial score (nSPS) is 9.73. The third-order valence-corrected chi connectivity index (χ3v) is 2.57. The number of pyridine rings is 1. The van der Waals surface area contributed by atoms with Gasteiger partial charge >= 0.3 is 0 Å². The van der Waals surface area contributed by atoms with Crippen molar-refractivity contribution < 1.29 is 4.74 Å². The fraction of sp³-hybridized carbons (Fsp3) is 0.444. The van der Waals surface area contributed by atoms with Gasteiger partial charge in [-0.15, -0.1) is 0 Å². The van der Waals surface area contributed by atoms with Crippen LogP contribution in [0.15, 0.2) is 31.2 Å². The van der Waals surface area contributed by atoms with E-state index in [4.69, 9.17) is 10.00 Å². The van der Waals surface area contributed by atoms with Gasteiger partial charge in [-0.05, 0) is 45.4 Å². The van der Waals surface area contributed by atoms with Crippen LogP contribution in [0.1, 0.15) is 45.9 Å². The van der Waals surface area contributed by atoms with Gasteiger partial charge in [0, 0.05) is 13.2 Å². The largest absolute Gasteiger partial charge is 0.496 e. The van der Waals surface area contributed by atoms with Crippen LogP contribution < -0.4 is 0 Å². The van der Waals surface area contributed by atoms with E-state index in [9.17, 15) is 0 Å². The summed E-state index contributed by atoms with van der Waals surface area (Å²) >= 11 is 0. The smallest absolute Gasteiger partial charge is 0.141 e. The Balaban J connectivity index is 0.000000421. The van der Waals surface area contributed by atoms with Crippen LogP contribution in [-0.4, -0.2) is 15.2 Å². The number of hydrogen-bond donors (Lipinski definition) is 0. The molecule has 2 rings (SSSR count). The van der Waals surface area contributed by atoms with Crippen LogP contribution in [0.2, 0.25) is 0 Å². The summed E-state index contributed by atoms with van der Waals surface area (Å²) in [5.41, 5.74) is 3.50. The molecule has 4 nitrogen and oxygen atoms in total. The molecule has 0 N–H and O–H groups in total. The highest BCUT2D eigenvalue weighted by molar-refractivity contribution is 5.79. The Morgan fingerprint density at radius 2 is 1.91 bits per heavy atom. The first-order valence-electron chi connectivity index (χ1n) is 7.40. The molecule has 0 saturated carbocycles. The molecule has 0 spiro atoms. The van der Waals surface area contributed by atoms with Crippen LogP contribution in [-0.2, 0) is 11.8 Å². The molecule has 0 fully saturated rings. The Labute approximate surface area is 134 Å². The van der Waals surface area contributed by atoms with Gasteiger partial charge < -0.3 is 9.30 Å². The van der Waals surface area contributed by atoms with E-state index in [1.54, 1.807) is 6.07 Å². The molecular weight excluding hydrogens is 274 g/mol. The Morgan fingerprint density at radius 1 is 1.32 bits per heavy atom. The van der Waals surface area contributed by atoms with Gasteiger partial charge in [-0.1, -0.05) is 20.4 Å². The van der Waals surface area contributed by atoms with Crippen molar-refractivity contribution in [1.82, 2.24) is 9.55 Å². The standard InChI is InChI=1S/C10H9N3.C6H12O.C2H6/c1-7-6-13(2)9-4-3-8(5-11)12-10(7)9;1-5-7-6(2,3)4;1-2/h3-4,6H,1-2H3;5H,1H2,2-4H3;1-2H3. The Morgan fingerprint density at radius 3 is 2.32 bits per heavy atom. The average Bonchev–Trinajstić information content (AvgIpc) is 2.75. The zero-order valence-electron chi connectivity index (χ0n) is 14.8. The molecule has 0 aliphatic rings. The quantitative estimate of drug-likeness (QED) is 0.716. The lowest BCUT2D eigenvalue weighted by Crippen LogP contribution is -2.14. The number of fused-ring (bicyclic) bond motifs is 1. The van der Waals surface area contributed by atoms with Gasteiger partial charge in [0.15, 0.2) is 0 Å². The summed E-state index contributed by atoms with van der Waals surface area (Å²) in [7, 11) is 1.98. The monoisotopic (exact) mass is 301 g/mol. The van der Waals surface area contributed by atoms with Crippen molar-refractivity contribution >= 4 is 11.0 Å². The second-order valence-corrected chi connectivity index (χ2v) is 5.50. The van der Waals surface area contributed by atoms with E-state index >= 15 is 0 Å². The van der Waals surface area contributed by atoms with E-state index < -0.39 is 0 Å². The summed E-state index contributed by atoms with van der Waals surface area (Å²) in [5, 5.41) is 8.68. The summed E-state index contributed by atoms with van der Waals surface area (Å²) in [6, 6.07) is 5.70. The van der Waals surface area contributed by atoms with E-state index in [1.165, 1.54) is 6.26 Å². The van der Waals surface area contributed by atoms with Gasteiger partial charge in [-0.2, -0.15) is 5.26 Å². The number of rotatable bonds is 1. The van der Waals surface area contributed by atoms with Crippen molar-refractivity contribution in [2.45, 2.75) is 47.1 Å². The van der Waals surface area contributed by atoms with Crippen molar-refractivity contribution in [3.8, 4) is 6.07 Å². The molecule has 0 atom stereocenters. The van der Waals surface area contributed by atoms with Gasteiger partial charge in [0.2, 0.25) is 0 Å². The molecule has 0 saturated heterocycles. The highest BCUT2D eigenvalue weighted by Gasteiger charge is 2.06. The summed E-state index contributed by atoms with van der Waals surface area (Å²) < 4.78 is 7.01. The lowest BCUT2D eigenvalue weighted by Gasteiger charge is -2.16. The van der Waals surface area contributed by atoms with Crippen LogP contribution >= 0.6 is 0 Å². The second kappa shape index (κ2) is 8.89. The summed E-state index contributed by atoms with van der Waals surface area (Å²) in [6.45, 7) is 15.4. The van der Waals surface area contributed by atoms with Crippen LogP contribution in [0.5, 0.6) is 0 Å². The fourth-order valence-corrected chi connectivity index (χ4v) is 1.76. The van der Waals surface area contributed by atoms with E-state index in [-0.39, 0.29) is 5.60 Å². The predicted octanol–water partition coefficient (Wildman–Crippen LogP) is 4.72. The van der Waals surface area contributed by atoms with Crippen molar-refractivity contribution in [3.05, 3.63) is 42.4 Å². The minimum absolute atomic E-state index is 0.0677. The number of hydrogen-bond acceptors (Lipinski definition) is 3. The molecule has 0 aliphatic carbocycles. The molecule has 0 unspecified atom stereocenters. The van der Waals surface area contributed by atoms with E-state index in [1.807, 2.05) is 71.5 Å². The number of aromatic nitrogens is 2. The highest BCUT2D eigenvalue weighted by Crippen LogP contribution is 2.17. The van der Waals surface area contributed by atoms with Gasteiger partial charge in [0.1, 0.15) is 11.8 Å². The number of ether oxygens (including phenoxy) is 1. The second-order valence-electron chi connectivity index (χ2n) is 5.50. The molecular formula is C18H27N3O. The molecule has 22 heavy (non-hydrogen) atoms. The molecule has 4 heteroatoms. The number of nitriles is 1. The van der Waals surface area contributed by atoms with Gasteiger partial charge in [0.25, 0.3) is 0 Å². The van der Waals surface area contributed by atoms with E-state index in [0.29, 0.717) is 5.69 Å². The van der Waals surface area contributed by atoms with E-state index in [2.05, 4.69) is 11.6 Å². The van der Waals surface area contributed by atoms with Gasteiger partial charge in [-0.3, -0.25) is 0 Å². The molecule has 2 heterocycles. The maximum atomic E-state index is 8.68. The Hall–Kier alpha value is -2.28. The van der Waals surface area contributed by atoms with Crippen LogP contribution in [0.4, 0.5) is 0 Å². The Bertz CT molecular complexity index is 643. The minimum atomic E-state index is -0.0677. The van der Waals surface area contributed by atoms with Crippen molar-refractivity contribution in [3.63, 3.8) is 0 Å². The van der Waals surface area contributed by atoms with Crippen molar-refractivity contribution in [2.24, 2.45) is 7.05 Å². The molecule has 0 radical (unpaired) electrons. The maximum absolute atomic E-state index is 8.68. The molecule has 0 amide bonds. The van der Waals surface area contributed by atoms with Gasteiger partial charge in [0.05, 0.1) is 22.9 Å². The fourth-order valence-electron chi connectivity index (χ4n) is 1.76. The summed E-state index contributed by atoms with van der Waals surface area (Å²) in [4.78, 5) is 4.23. The molecule has 0 aromatic carbocycles. The minimum Gasteiger partial charge on any atom is -0.496 e. The molecule has 2 aromatic rings. The SMILES string of the molecule is C=COC(C)(C)C.CC.Cc1cn(C)c2ccc(C#N)nc12. The first-order valence-corrected chi connectivity index (χ1v) is 7.40. The van der Waals surface area contributed by atoms with Crippen LogP contribution in [0, 0.1) is 18.3 Å². The zero-order chi connectivity index (χ0) is 17.3. The third kappa shape index (κ3) is 6.01. The number of aryl methyl sites for hydroxylation is 2. The average molecular weight is 301 g/mol. The predicted molar refractivity (Wildman–Crippen MR) is 92.5 cm³/mol. The first kappa shape index (κ1) is 19.7. The molecule has 120 valence electrons. The van der Waals surface area contributed by atoms with E-state index in [0.717, 1.165) is 16.6 Å². The van der Waals surface area contributed by atoms with Crippen molar-refractivity contribution in [1.29, 1.82) is 5.26 Å². The zero-order valence-corrected chi connectivity index (χ0v) is 14.8. The molecule has 0 aliphatic heterocycles. The lowest BCUT2D eigenvalue weighted by atomic mass is 10.2. The summed E-state index contributed by atoms with van der Waals surface area (Å²) in [5.74, 6) is 0. The van der Waals surface area contributed by atoms with Gasteiger partial charge in [-0.25, -0.2) is 4.98 Å². The van der Waals surface area contributed by atoms with Crippen LogP contribution in [0.25, 0.3) is 11.0 Å². The lowest BCUT2D eigenvalue weighted by molar-refractivity contribution is 0.0775. The molecule has 0 bridgehead atoms. The molecule has 2 aromatic heterocycles. The highest BCUT2D eigenvalue weighted by atomic mass is 16.5. The Kier molecular flexibility index (Phi) is 7.96. The topological polar surface area (TPSA) is 50.8 Å². The van der Waals surface area contributed by atoms with Crippen molar-refractivity contribution in [2.75, 3.05) is 0 Å². The van der Waals surface area contributed by atoms with Crippen LogP contribution in [0.3, 0.4) is 0 Å². The first-order chi connectivity index (χ1) is 10.3. The third-order valence-electron chi connectivity index (χ3n) is 2.57. The number of nitrogens with zero attached hydrogens (tertiary/aromatic N) is 3. The summed E-state index contributed by atoms with van der Waals surface area (Å²) in [6.07, 6.45) is 3.47.